The van der Waals surface area contributed by atoms with Gasteiger partial charge in [-0.15, -0.1) is 0 Å². The maximum atomic E-state index is 6.61. The van der Waals surface area contributed by atoms with Gasteiger partial charge in [0.15, 0.2) is 17.5 Å². The molecule has 0 fully saturated rings. The highest BCUT2D eigenvalue weighted by Crippen LogP contribution is 2.45. The van der Waals surface area contributed by atoms with Gasteiger partial charge >= 0.3 is 0 Å². The van der Waals surface area contributed by atoms with Crippen molar-refractivity contribution in [3.63, 3.8) is 0 Å². The zero-order valence-corrected chi connectivity index (χ0v) is 33.9. The van der Waals surface area contributed by atoms with Crippen LogP contribution < -0.4 is 4.90 Å². The standard InChI is InChI=1S/C57H36N4O2/c1-4-13-37(14-5-1)39-23-27-41(28-24-39)55-58-56(42-29-25-40(26-30-42)38-15-6-2-7-16-38)60-57(59-55)43-31-33-52-48(35-43)54-49(20-12-22-53(54)63-52)61(44-17-8-3-9-18-44)45-32-34-51-47(36-45)46-19-10-11-21-50(46)62-51/h1-36H. The minimum absolute atomic E-state index is 0.570. The third kappa shape index (κ3) is 6.58. The summed E-state index contributed by atoms with van der Waals surface area (Å²) < 4.78 is 12.8. The summed E-state index contributed by atoms with van der Waals surface area (Å²) in [6, 6.07) is 75.1. The molecule has 12 rings (SSSR count). The van der Waals surface area contributed by atoms with E-state index in [0.717, 1.165) is 99.9 Å². The number of rotatable bonds is 8. The number of hydrogen-bond donors (Lipinski definition) is 0. The summed E-state index contributed by atoms with van der Waals surface area (Å²) in [4.78, 5) is 17.7. The molecule has 3 heterocycles. The monoisotopic (exact) mass is 808 g/mol. The highest BCUT2D eigenvalue weighted by atomic mass is 16.3. The molecular weight excluding hydrogens is 773 g/mol. The van der Waals surface area contributed by atoms with E-state index in [1.54, 1.807) is 0 Å². The molecule has 0 N–H and O–H groups in total. The lowest BCUT2D eigenvalue weighted by molar-refractivity contribution is 0.668. The van der Waals surface area contributed by atoms with Gasteiger partial charge in [0.25, 0.3) is 0 Å². The van der Waals surface area contributed by atoms with Crippen molar-refractivity contribution in [1.29, 1.82) is 0 Å². The Balaban J connectivity index is 1.02. The van der Waals surface area contributed by atoms with Crippen molar-refractivity contribution >= 4 is 60.9 Å². The fourth-order valence-corrected chi connectivity index (χ4v) is 8.64. The van der Waals surface area contributed by atoms with E-state index in [-0.39, 0.29) is 0 Å². The molecule has 6 heteroatoms. The van der Waals surface area contributed by atoms with Gasteiger partial charge in [0.1, 0.15) is 22.3 Å². The van der Waals surface area contributed by atoms with Gasteiger partial charge in [0, 0.05) is 44.2 Å². The summed E-state index contributed by atoms with van der Waals surface area (Å²) in [5.41, 5.74) is 13.5. The van der Waals surface area contributed by atoms with Crippen molar-refractivity contribution in [2.75, 3.05) is 4.90 Å². The number of furan rings is 2. The first-order chi connectivity index (χ1) is 31.2. The SMILES string of the molecule is c1ccc(-c2ccc(-c3nc(-c4ccc(-c5ccccc5)cc4)nc(-c4ccc5oc6cccc(N(c7ccccc7)c7ccc8oc9ccccc9c8c7)c6c5c4)n3)cc2)cc1. The van der Waals surface area contributed by atoms with Crippen molar-refractivity contribution in [2.24, 2.45) is 0 Å². The van der Waals surface area contributed by atoms with Crippen LogP contribution in [0, 0.1) is 0 Å². The molecule has 0 aliphatic rings. The molecular formula is C57H36N4O2. The third-order valence-corrected chi connectivity index (χ3v) is 11.7. The van der Waals surface area contributed by atoms with E-state index in [0.29, 0.717) is 17.5 Å². The molecule has 3 aromatic heterocycles. The van der Waals surface area contributed by atoms with Crippen LogP contribution in [0.15, 0.2) is 227 Å². The summed E-state index contributed by atoms with van der Waals surface area (Å²) in [7, 11) is 0. The summed E-state index contributed by atoms with van der Waals surface area (Å²) >= 11 is 0. The minimum Gasteiger partial charge on any atom is -0.456 e. The normalized spacial score (nSPS) is 11.5. The Hall–Kier alpha value is -8.61. The Morgan fingerprint density at radius 1 is 0.286 bits per heavy atom. The molecule has 0 spiro atoms. The van der Waals surface area contributed by atoms with Crippen LogP contribution >= 0.6 is 0 Å². The van der Waals surface area contributed by atoms with Gasteiger partial charge < -0.3 is 13.7 Å². The van der Waals surface area contributed by atoms with E-state index >= 15 is 0 Å². The molecule has 0 aliphatic carbocycles. The van der Waals surface area contributed by atoms with E-state index in [1.165, 1.54) is 0 Å². The summed E-state index contributed by atoms with van der Waals surface area (Å²) in [6.45, 7) is 0. The van der Waals surface area contributed by atoms with E-state index in [4.69, 9.17) is 23.8 Å². The second kappa shape index (κ2) is 15.1. The Bertz CT molecular complexity index is 3500. The largest absolute Gasteiger partial charge is 0.456 e. The quantitative estimate of drug-likeness (QED) is 0.152. The first-order valence-corrected chi connectivity index (χ1v) is 21.0. The number of anilines is 3. The Labute approximate surface area is 363 Å². The minimum atomic E-state index is 0.570. The molecule has 0 bridgehead atoms. The fourth-order valence-electron chi connectivity index (χ4n) is 8.64. The van der Waals surface area contributed by atoms with Crippen LogP contribution in [0.2, 0.25) is 0 Å². The van der Waals surface area contributed by atoms with Crippen LogP contribution in [0.3, 0.4) is 0 Å². The average molecular weight is 809 g/mol. The highest BCUT2D eigenvalue weighted by molar-refractivity contribution is 6.15. The zero-order chi connectivity index (χ0) is 41.7. The number of fused-ring (bicyclic) bond motifs is 6. The van der Waals surface area contributed by atoms with Crippen molar-refractivity contribution < 1.29 is 8.83 Å². The van der Waals surface area contributed by atoms with Crippen LogP contribution in [0.25, 0.3) is 100 Å². The molecule has 6 nitrogen and oxygen atoms in total. The molecule has 0 radical (unpaired) electrons. The number of aromatic nitrogens is 3. The smallest absolute Gasteiger partial charge is 0.164 e. The Kier molecular flexibility index (Phi) is 8.71. The topological polar surface area (TPSA) is 68.2 Å². The predicted octanol–water partition coefficient (Wildman–Crippen LogP) is 15.5. The molecule has 296 valence electrons. The molecule has 0 amide bonds. The van der Waals surface area contributed by atoms with Crippen molar-refractivity contribution in [3.8, 4) is 56.4 Å². The third-order valence-electron chi connectivity index (χ3n) is 11.7. The average Bonchev–Trinajstić information content (AvgIpc) is 3.93. The van der Waals surface area contributed by atoms with Crippen LogP contribution in [-0.2, 0) is 0 Å². The van der Waals surface area contributed by atoms with Gasteiger partial charge in [0.2, 0.25) is 0 Å². The number of nitrogens with zero attached hydrogens (tertiary/aromatic N) is 4. The first-order valence-electron chi connectivity index (χ1n) is 21.0. The van der Waals surface area contributed by atoms with Crippen molar-refractivity contribution in [2.45, 2.75) is 0 Å². The first kappa shape index (κ1) is 36.3. The number of benzene rings is 9. The molecule has 0 saturated heterocycles. The molecule has 0 aliphatic heterocycles. The zero-order valence-electron chi connectivity index (χ0n) is 33.9. The lowest BCUT2D eigenvalue weighted by atomic mass is 10.0. The maximum absolute atomic E-state index is 6.61. The summed E-state index contributed by atoms with van der Waals surface area (Å²) in [5, 5.41) is 4.07. The van der Waals surface area contributed by atoms with Gasteiger partial charge in [-0.3, -0.25) is 0 Å². The second-order valence-corrected chi connectivity index (χ2v) is 15.6. The molecule has 0 unspecified atom stereocenters. The van der Waals surface area contributed by atoms with E-state index in [2.05, 4.69) is 175 Å². The van der Waals surface area contributed by atoms with Crippen LogP contribution in [0.4, 0.5) is 17.1 Å². The van der Waals surface area contributed by atoms with Crippen LogP contribution in [0.5, 0.6) is 0 Å². The maximum Gasteiger partial charge on any atom is 0.164 e. The van der Waals surface area contributed by atoms with Crippen LogP contribution in [0.1, 0.15) is 0 Å². The summed E-state index contributed by atoms with van der Waals surface area (Å²) in [5.74, 6) is 1.76. The van der Waals surface area contributed by atoms with Crippen molar-refractivity contribution in [1.82, 2.24) is 15.0 Å². The second-order valence-electron chi connectivity index (χ2n) is 15.6. The van der Waals surface area contributed by atoms with Gasteiger partial charge in [-0.25, -0.2) is 15.0 Å². The fraction of sp³-hybridized carbons (Fsp3) is 0. The molecule has 63 heavy (non-hydrogen) atoms. The van der Waals surface area contributed by atoms with Crippen molar-refractivity contribution in [3.05, 3.63) is 218 Å². The molecule has 0 atom stereocenters. The van der Waals surface area contributed by atoms with E-state index in [9.17, 15) is 0 Å². The summed E-state index contributed by atoms with van der Waals surface area (Å²) in [6.07, 6.45) is 0. The Morgan fingerprint density at radius 3 is 1.40 bits per heavy atom. The van der Waals surface area contributed by atoms with Gasteiger partial charge in [-0.1, -0.05) is 152 Å². The number of hydrogen-bond acceptors (Lipinski definition) is 6. The van der Waals surface area contributed by atoms with E-state index < -0.39 is 0 Å². The highest BCUT2D eigenvalue weighted by Gasteiger charge is 2.22. The van der Waals surface area contributed by atoms with Crippen LogP contribution in [-0.4, -0.2) is 15.0 Å². The number of para-hydroxylation sites is 2. The lowest BCUT2D eigenvalue weighted by Gasteiger charge is -2.26. The van der Waals surface area contributed by atoms with Gasteiger partial charge in [-0.05, 0) is 89.0 Å². The molecule has 12 aromatic rings. The van der Waals surface area contributed by atoms with Gasteiger partial charge in [0.05, 0.1) is 11.1 Å². The lowest BCUT2D eigenvalue weighted by Crippen LogP contribution is -2.10. The molecule has 9 aromatic carbocycles. The Morgan fingerprint density at radius 2 is 0.746 bits per heavy atom. The molecule has 0 saturated carbocycles. The van der Waals surface area contributed by atoms with E-state index in [1.807, 2.05) is 48.5 Å². The predicted molar refractivity (Wildman–Crippen MR) is 256 cm³/mol. The van der Waals surface area contributed by atoms with Gasteiger partial charge in [-0.2, -0.15) is 0 Å².